The van der Waals surface area contributed by atoms with Crippen molar-refractivity contribution in [1.82, 2.24) is 5.32 Å². The number of carbonyl (C=O) groups excluding carboxylic acids is 1. The molecular formula is C15H18ClNO5. The Morgan fingerprint density at radius 3 is 2.73 bits per heavy atom. The lowest BCUT2D eigenvalue weighted by Gasteiger charge is -2.19. The van der Waals surface area contributed by atoms with Gasteiger partial charge in [0, 0.05) is 0 Å². The molecule has 0 aliphatic rings. The lowest BCUT2D eigenvalue weighted by atomic mass is 10.2. The van der Waals surface area contributed by atoms with Gasteiger partial charge in [0.15, 0.2) is 12.1 Å². The van der Waals surface area contributed by atoms with Crippen LogP contribution >= 0.6 is 11.6 Å². The third kappa shape index (κ3) is 5.75. The molecule has 0 aliphatic heterocycles. The summed E-state index contributed by atoms with van der Waals surface area (Å²) in [5, 5.41) is 11.8. The Morgan fingerprint density at radius 1 is 1.45 bits per heavy atom. The number of para-hydroxylation sites is 1. The minimum absolute atomic E-state index is 0.161. The van der Waals surface area contributed by atoms with Crippen LogP contribution in [0.1, 0.15) is 6.92 Å². The number of carbonyl (C=O) groups is 2. The Labute approximate surface area is 133 Å². The normalized spacial score (nSPS) is 13.0. The number of carboxylic acids is 1. The summed E-state index contributed by atoms with van der Waals surface area (Å²) < 4.78 is 10.5. The van der Waals surface area contributed by atoms with Gasteiger partial charge in [-0.25, -0.2) is 4.79 Å². The molecule has 0 saturated carbocycles. The van der Waals surface area contributed by atoms with E-state index in [1.807, 2.05) is 0 Å². The van der Waals surface area contributed by atoms with Gasteiger partial charge in [0.1, 0.15) is 5.75 Å². The Kier molecular flexibility index (Phi) is 7.42. The van der Waals surface area contributed by atoms with Crippen molar-refractivity contribution in [2.75, 3.05) is 13.2 Å². The molecule has 1 aromatic rings. The summed E-state index contributed by atoms with van der Waals surface area (Å²) in [7, 11) is 0. The van der Waals surface area contributed by atoms with Crippen molar-refractivity contribution in [2.45, 2.75) is 19.1 Å². The average molecular weight is 328 g/mol. The molecule has 0 bridgehead atoms. The second-order valence-electron chi connectivity index (χ2n) is 4.42. The van der Waals surface area contributed by atoms with Crippen molar-refractivity contribution in [3.63, 3.8) is 0 Å². The molecule has 2 N–H and O–H groups in total. The van der Waals surface area contributed by atoms with E-state index in [0.717, 1.165) is 0 Å². The van der Waals surface area contributed by atoms with Crippen molar-refractivity contribution in [3.8, 4) is 5.75 Å². The highest BCUT2D eigenvalue weighted by Gasteiger charge is 2.24. The zero-order chi connectivity index (χ0) is 16.5. The number of aliphatic carboxylic acids is 1. The zero-order valence-corrected chi connectivity index (χ0v) is 12.9. The molecule has 1 amide bonds. The van der Waals surface area contributed by atoms with Crippen molar-refractivity contribution in [1.29, 1.82) is 0 Å². The second-order valence-corrected chi connectivity index (χ2v) is 4.82. The molecule has 120 valence electrons. The molecule has 6 nitrogen and oxygen atoms in total. The van der Waals surface area contributed by atoms with E-state index in [1.165, 1.54) is 13.0 Å². The predicted octanol–water partition coefficient (Wildman–Crippen LogP) is 1.88. The van der Waals surface area contributed by atoms with E-state index in [9.17, 15) is 9.59 Å². The number of nitrogens with one attached hydrogen (secondary N) is 1. The van der Waals surface area contributed by atoms with Gasteiger partial charge >= 0.3 is 5.97 Å². The summed E-state index contributed by atoms with van der Waals surface area (Å²) in [5.41, 5.74) is 0. The van der Waals surface area contributed by atoms with Gasteiger partial charge in [-0.3, -0.25) is 4.79 Å². The van der Waals surface area contributed by atoms with E-state index in [2.05, 4.69) is 11.9 Å². The van der Waals surface area contributed by atoms with Crippen molar-refractivity contribution in [2.24, 2.45) is 0 Å². The van der Waals surface area contributed by atoms with Crippen LogP contribution in [-0.4, -0.2) is 42.3 Å². The van der Waals surface area contributed by atoms with E-state index in [-0.39, 0.29) is 13.2 Å². The topological polar surface area (TPSA) is 84.9 Å². The van der Waals surface area contributed by atoms with Crippen LogP contribution in [0.15, 0.2) is 36.9 Å². The van der Waals surface area contributed by atoms with Crippen molar-refractivity contribution in [3.05, 3.63) is 41.9 Å². The van der Waals surface area contributed by atoms with E-state index in [0.29, 0.717) is 10.8 Å². The molecule has 2 atom stereocenters. The second kappa shape index (κ2) is 9.07. The number of rotatable bonds is 9. The Balaban J connectivity index is 2.59. The summed E-state index contributed by atoms with van der Waals surface area (Å²) in [6.45, 7) is 5.00. The molecular weight excluding hydrogens is 310 g/mol. The number of hydrogen-bond acceptors (Lipinski definition) is 4. The molecule has 2 unspecified atom stereocenters. The Bertz CT molecular complexity index is 534. The van der Waals surface area contributed by atoms with E-state index >= 15 is 0 Å². The highest BCUT2D eigenvalue weighted by molar-refractivity contribution is 6.32. The molecule has 0 aliphatic carbocycles. The Morgan fingerprint density at radius 2 is 2.14 bits per heavy atom. The molecule has 0 fully saturated rings. The van der Waals surface area contributed by atoms with Crippen LogP contribution < -0.4 is 10.1 Å². The first-order chi connectivity index (χ1) is 10.5. The minimum Gasteiger partial charge on any atom is -0.480 e. The van der Waals surface area contributed by atoms with Crippen LogP contribution in [-0.2, 0) is 14.3 Å². The number of benzene rings is 1. The smallest absolute Gasteiger partial charge is 0.328 e. The molecule has 0 aromatic heterocycles. The van der Waals surface area contributed by atoms with E-state index < -0.39 is 24.0 Å². The molecule has 0 radical (unpaired) electrons. The van der Waals surface area contributed by atoms with Gasteiger partial charge in [0.2, 0.25) is 0 Å². The van der Waals surface area contributed by atoms with Crippen molar-refractivity contribution >= 4 is 23.5 Å². The summed E-state index contributed by atoms with van der Waals surface area (Å²) in [5.74, 6) is -1.42. The van der Waals surface area contributed by atoms with Gasteiger partial charge in [0.05, 0.1) is 18.2 Å². The number of amides is 1. The average Bonchev–Trinajstić information content (AvgIpc) is 2.48. The molecule has 7 heteroatoms. The van der Waals surface area contributed by atoms with Crippen LogP contribution in [0, 0.1) is 0 Å². The maximum absolute atomic E-state index is 12.0. The van der Waals surface area contributed by atoms with Gasteiger partial charge in [-0.15, -0.1) is 6.58 Å². The van der Waals surface area contributed by atoms with Crippen LogP contribution in [0.25, 0.3) is 0 Å². The largest absolute Gasteiger partial charge is 0.480 e. The lowest BCUT2D eigenvalue weighted by Crippen LogP contribution is -2.48. The molecule has 0 saturated heterocycles. The minimum atomic E-state index is -1.19. The highest BCUT2D eigenvalue weighted by Crippen LogP contribution is 2.24. The monoisotopic (exact) mass is 327 g/mol. The standard InChI is InChI=1S/C15H18ClNO5/c1-3-8-21-9-12(15(19)20)17-14(18)10(2)22-13-7-5-4-6-11(13)16/h3-7,10,12H,1,8-9H2,2H3,(H,17,18)(H,19,20). The van der Waals surface area contributed by atoms with Gasteiger partial charge in [-0.2, -0.15) is 0 Å². The first-order valence-electron chi connectivity index (χ1n) is 6.58. The van der Waals surface area contributed by atoms with Crippen LogP contribution in [0.4, 0.5) is 0 Å². The number of carboxylic acid groups (broad SMARTS) is 1. The maximum Gasteiger partial charge on any atom is 0.328 e. The van der Waals surface area contributed by atoms with Crippen LogP contribution in [0.3, 0.4) is 0 Å². The predicted molar refractivity (Wildman–Crippen MR) is 82.1 cm³/mol. The van der Waals surface area contributed by atoms with Gasteiger partial charge in [0.25, 0.3) is 5.91 Å². The summed E-state index contributed by atoms with van der Waals surface area (Å²) in [6, 6.07) is 5.54. The van der Waals surface area contributed by atoms with Crippen molar-refractivity contribution < 1.29 is 24.2 Å². The van der Waals surface area contributed by atoms with Gasteiger partial charge in [-0.05, 0) is 19.1 Å². The summed E-state index contributed by atoms with van der Waals surface area (Å²) in [6.07, 6.45) is 0.588. The number of halogens is 1. The molecule has 22 heavy (non-hydrogen) atoms. The first-order valence-corrected chi connectivity index (χ1v) is 6.96. The Hall–Kier alpha value is -2.05. The molecule has 1 aromatic carbocycles. The molecule has 0 spiro atoms. The fraction of sp³-hybridized carbons (Fsp3) is 0.333. The fourth-order valence-electron chi connectivity index (χ4n) is 1.52. The molecule has 0 heterocycles. The fourth-order valence-corrected chi connectivity index (χ4v) is 1.70. The quantitative estimate of drug-likeness (QED) is 0.534. The van der Waals surface area contributed by atoms with E-state index in [1.54, 1.807) is 24.3 Å². The third-order valence-electron chi connectivity index (χ3n) is 2.64. The summed E-state index contributed by atoms with van der Waals surface area (Å²) >= 11 is 5.93. The zero-order valence-electron chi connectivity index (χ0n) is 12.1. The molecule has 1 rings (SSSR count). The SMILES string of the molecule is C=CCOCC(NC(=O)C(C)Oc1ccccc1Cl)C(=O)O. The van der Waals surface area contributed by atoms with E-state index in [4.69, 9.17) is 26.2 Å². The van der Waals surface area contributed by atoms with Gasteiger partial charge < -0.3 is 19.9 Å². The van der Waals surface area contributed by atoms with Crippen LogP contribution in [0.5, 0.6) is 5.75 Å². The number of ether oxygens (including phenoxy) is 2. The third-order valence-corrected chi connectivity index (χ3v) is 2.96. The first kappa shape index (κ1) is 18.0. The summed E-state index contributed by atoms with van der Waals surface area (Å²) in [4.78, 5) is 23.1. The highest BCUT2D eigenvalue weighted by atomic mass is 35.5. The number of hydrogen-bond donors (Lipinski definition) is 2. The van der Waals surface area contributed by atoms with Gasteiger partial charge in [-0.1, -0.05) is 29.8 Å². The maximum atomic E-state index is 12.0. The van der Waals surface area contributed by atoms with Crippen LogP contribution in [0.2, 0.25) is 5.02 Å². The lowest BCUT2D eigenvalue weighted by molar-refractivity contribution is -0.144.